The summed E-state index contributed by atoms with van der Waals surface area (Å²) < 4.78 is 19.2. The Morgan fingerprint density at radius 1 is 0.966 bits per heavy atom. The van der Waals surface area contributed by atoms with Gasteiger partial charge in [0.15, 0.2) is 0 Å². The van der Waals surface area contributed by atoms with Crippen LogP contribution < -0.4 is 15.0 Å². The van der Waals surface area contributed by atoms with Crippen LogP contribution in [0.5, 0.6) is 5.75 Å². The molecule has 4 nitrogen and oxygen atoms in total. The first-order valence-electron chi connectivity index (χ1n) is 9.72. The highest BCUT2D eigenvalue weighted by Crippen LogP contribution is 2.35. The molecule has 0 aliphatic carbocycles. The Kier molecular flexibility index (Phi) is 5.75. The lowest BCUT2D eigenvalue weighted by molar-refractivity contribution is -0.121. The molecule has 29 heavy (non-hydrogen) atoms. The smallest absolute Gasteiger partial charge is 0.222 e. The molecule has 0 radical (unpaired) electrons. The highest BCUT2D eigenvalue weighted by Gasteiger charge is 2.29. The van der Waals surface area contributed by atoms with E-state index in [-0.39, 0.29) is 17.8 Å². The van der Waals surface area contributed by atoms with Gasteiger partial charge in [0, 0.05) is 13.1 Å². The Morgan fingerprint density at radius 2 is 1.69 bits per heavy atom. The SMILES string of the molecule is O=C(C[C@@H]1COc2ccccc2N1Cc1ccc(F)cc1)NCc1ccccc1. The molecule has 148 valence electrons. The van der Waals surface area contributed by atoms with Crippen LogP contribution in [0.2, 0.25) is 0 Å². The Balaban J connectivity index is 1.48. The van der Waals surface area contributed by atoms with Crippen LogP contribution in [0.3, 0.4) is 0 Å². The number of rotatable bonds is 6. The van der Waals surface area contributed by atoms with Crippen molar-refractivity contribution >= 4 is 11.6 Å². The number of hydrogen-bond donors (Lipinski definition) is 1. The van der Waals surface area contributed by atoms with Crippen LogP contribution in [0, 0.1) is 5.82 Å². The molecule has 1 atom stereocenters. The summed E-state index contributed by atoms with van der Waals surface area (Å²) in [5, 5.41) is 2.99. The molecule has 1 amide bonds. The minimum absolute atomic E-state index is 0.0223. The van der Waals surface area contributed by atoms with Crippen molar-refractivity contribution in [2.24, 2.45) is 0 Å². The van der Waals surface area contributed by atoms with Crippen molar-refractivity contribution < 1.29 is 13.9 Å². The Labute approximate surface area is 169 Å². The van der Waals surface area contributed by atoms with Crippen molar-refractivity contribution in [1.82, 2.24) is 5.32 Å². The lowest BCUT2D eigenvalue weighted by Gasteiger charge is -2.38. The topological polar surface area (TPSA) is 41.6 Å². The molecule has 4 rings (SSSR count). The summed E-state index contributed by atoms with van der Waals surface area (Å²) in [6.45, 7) is 1.51. The number of fused-ring (bicyclic) bond motifs is 1. The maximum atomic E-state index is 13.3. The number of benzene rings is 3. The van der Waals surface area contributed by atoms with E-state index >= 15 is 0 Å². The maximum absolute atomic E-state index is 13.3. The predicted octanol–water partition coefficient (Wildman–Crippen LogP) is 4.30. The van der Waals surface area contributed by atoms with E-state index in [4.69, 9.17) is 4.74 Å². The van der Waals surface area contributed by atoms with E-state index in [0.29, 0.717) is 26.1 Å². The van der Waals surface area contributed by atoms with Gasteiger partial charge in [-0.2, -0.15) is 0 Å². The Bertz CT molecular complexity index is 960. The molecule has 3 aromatic rings. The van der Waals surface area contributed by atoms with Gasteiger partial charge < -0.3 is 15.0 Å². The van der Waals surface area contributed by atoms with Gasteiger partial charge in [0.2, 0.25) is 5.91 Å². The number of hydrogen-bond acceptors (Lipinski definition) is 3. The molecule has 1 aliphatic heterocycles. The van der Waals surface area contributed by atoms with Gasteiger partial charge >= 0.3 is 0 Å². The van der Waals surface area contributed by atoms with Crippen molar-refractivity contribution in [2.45, 2.75) is 25.6 Å². The molecule has 0 saturated heterocycles. The standard InChI is InChI=1S/C24H23FN2O2/c25-20-12-10-19(11-13-20)16-27-21(17-29-23-9-5-4-8-22(23)27)14-24(28)26-15-18-6-2-1-3-7-18/h1-13,21H,14-17H2,(H,26,28)/t21-/m1/s1. The van der Waals surface area contributed by atoms with Crippen LogP contribution in [0.1, 0.15) is 17.5 Å². The average molecular weight is 390 g/mol. The second-order valence-corrected chi connectivity index (χ2v) is 7.15. The van der Waals surface area contributed by atoms with E-state index in [1.54, 1.807) is 12.1 Å². The number of para-hydroxylation sites is 2. The lowest BCUT2D eigenvalue weighted by atomic mass is 10.1. The van der Waals surface area contributed by atoms with Crippen molar-refractivity contribution in [3.63, 3.8) is 0 Å². The number of amides is 1. The summed E-state index contributed by atoms with van der Waals surface area (Å²) in [5.41, 5.74) is 3.00. The number of anilines is 1. The minimum atomic E-state index is -0.257. The number of nitrogens with one attached hydrogen (secondary N) is 1. The first-order chi connectivity index (χ1) is 14.2. The Morgan fingerprint density at radius 3 is 2.48 bits per heavy atom. The number of ether oxygens (including phenoxy) is 1. The third kappa shape index (κ3) is 4.74. The summed E-state index contributed by atoms with van der Waals surface area (Å²) in [7, 11) is 0. The maximum Gasteiger partial charge on any atom is 0.222 e. The van der Waals surface area contributed by atoms with Crippen LogP contribution in [0.15, 0.2) is 78.9 Å². The number of carbonyl (C=O) groups is 1. The van der Waals surface area contributed by atoms with Gasteiger partial charge in [0.25, 0.3) is 0 Å². The van der Waals surface area contributed by atoms with Crippen LogP contribution in [-0.4, -0.2) is 18.6 Å². The number of halogens is 1. The zero-order valence-corrected chi connectivity index (χ0v) is 16.1. The van der Waals surface area contributed by atoms with Crippen molar-refractivity contribution in [3.8, 4) is 5.75 Å². The van der Waals surface area contributed by atoms with Gasteiger partial charge in [-0.15, -0.1) is 0 Å². The molecule has 0 aromatic heterocycles. The zero-order chi connectivity index (χ0) is 20.1. The highest BCUT2D eigenvalue weighted by molar-refractivity contribution is 5.77. The van der Waals surface area contributed by atoms with Gasteiger partial charge in [-0.05, 0) is 35.4 Å². The molecule has 1 aliphatic rings. The van der Waals surface area contributed by atoms with Gasteiger partial charge in [-0.3, -0.25) is 4.79 Å². The lowest BCUT2D eigenvalue weighted by Crippen LogP contribution is -2.45. The van der Waals surface area contributed by atoms with Gasteiger partial charge in [0.05, 0.1) is 18.2 Å². The zero-order valence-electron chi connectivity index (χ0n) is 16.1. The fourth-order valence-corrected chi connectivity index (χ4v) is 3.54. The predicted molar refractivity (Wildman–Crippen MR) is 111 cm³/mol. The molecule has 0 fully saturated rings. The van der Waals surface area contributed by atoms with Crippen LogP contribution >= 0.6 is 0 Å². The van der Waals surface area contributed by atoms with E-state index in [2.05, 4.69) is 10.2 Å². The first kappa shape index (κ1) is 19.0. The summed E-state index contributed by atoms with van der Waals surface area (Å²) in [4.78, 5) is 14.8. The molecule has 0 unspecified atom stereocenters. The summed E-state index contributed by atoms with van der Waals surface area (Å²) in [6, 6.07) is 24.0. The fraction of sp³-hybridized carbons (Fsp3) is 0.208. The van der Waals surface area contributed by atoms with Crippen LogP contribution in [0.4, 0.5) is 10.1 Å². The van der Waals surface area contributed by atoms with Crippen molar-refractivity contribution in [2.75, 3.05) is 11.5 Å². The molecule has 1 heterocycles. The summed E-state index contributed by atoms with van der Waals surface area (Å²) in [6.07, 6.45) is 0.322. The highest BCUT2D eigenvalue weighted by atomic mass is 19.1. The van der Waals surface area contributed by atoms with E-state index in [1.165, 1.54) is 12.1 Å². The molecule has 5 heteroatoms. The number of nitrogens with zero attached hydrogens (tertiary/aromatic N) is 1. The van der Waals surface area contributed by atoms with E-state index < -0.39 is 0 Å². The van der Waals surface area contributed by atoms with Gasteiger partial charge in [-0.1, -0.05) is 54.6 Å². The molecule has 3 aromatic carbocycles. The normalized spacial score (nSPS) is 15.3. The number of carbonyl (C=O) groups excluding carboxylic acids is 1. The summed E-state index contributed by atoms with van der Waals surface area (Å²) in [5.74, 6) is 0.523. The van der Waals surface area contributed by atoms with E-state index in [0.717, 1.165) is 22.6 Å². The van der Waals surface area contributed by atoms with Crippen LogP contribution in [0.25, 0.3) is 0 Å². The van der Waals surface area contributed by atoms with Crippen molar-refractivity contribution in [3.05, 3.63) is 95.8 Å². The Hall–Kier alpha value is -3.34. The third-order valence-electron chi connectivity index (χ3n) is 5.07. The largest absolute Gasteiger partial charge is 0.489 e. The second-order valence-electron chi connectivity index (χ2n) is 7.15. The molecule has 0 spiro atoms. The minimum Gasteiger partial charge on any atom is -0.489 e. The van der Waals surface area contributed by atoms with Crippen LogP contribution in [-0.2, 0) is 17.9 Å². The molecular formula is C24H23FN2O2. The second kappa shape index (κ2) is 8.78. The first-order valence-corrected chi connectivity index (χ1v) is 9.72. The van der Waals surface area contributed by atoms with E-state index in [1.807, 2.05) is 54.6 Å². The van der Waals surface area contributed by atoms with Gasteiger partial charge in [0.1, 0.15) is 18.2 Å². The third-order valence-corrected chi connectivity index (χ3v) is 5.07. The molecule has 1 N–H and O–H groups in total. The van der Waals surface area contributed by atoms with Gasteiger partial charge in [-0.25, -0.2) is 4.39 Å². The molecule has 0 saturated carbocycles. The quantitative estimate of drug-likeness (QED) is 0.682. The summed E-state index contributed by atoms with van der Waals surface area (Å²) >= 11 is 0. The van der Waals surface area contributed by atoms with E-state index in [9.17, 15) is 9.18 Å². The fourth-order valence-electron chi connectivity index (χ4n) is 3.54. The molecular weight excluding hydrogens is 367 g/mol. The molecule has 0 bridgehead atoms. The average Bonchev–Trinajstić information content (AvgIpc) is 2.76. The monoisotopic (exact) mass is 390 g/mol. The van der Waals surface area contributed by atoms with Crippen molar-refractivity contribution in [1.29, 1.82) is 0 Å².